The van der Waals surface area contributed by atoms with Crippen LogP contribution in [0.4, 0.5) is 0 Å². The molecule has 36 valence electrons. The summed E-state index contributed by atoms with van der Waals surface area (Å²) >= 11 is 0. The molecule has 0 spiro atoms. The smallest absolute Gasteiger partial charge is 0.291 e. The van der Waals surface area contributed by atoms with Gasteiger partial charge in [0.1, 0.15) is 0 Å². The van der Waals surface area contributed by atoms with E-state index in [1.165, 1.54) is 0 Å². The average Bonchev–Trinajstić information content (AvgIpc) is 0.811. The summed E-state index contributed by atoms with van der Waals surface area (Å²) in [5.74, 6) is 0. The Morgan fingerprint density at radius 2 is 1.67 bits per heavy atom. The maximum atomic E-state index is 8.36. The Labute approximate surface area is 53.6 Å². The number of hydrogen-bond acceptors (Lipinski definition) is 2. The maximum Gasteiger partial charge on any atom is 0.291 e. The van der Waals surface area contributed by atoms with E-state index in [1.54, 1.807) is 0 Å². The van der Waals surface area contributed by atoms with Crippen molar-refractivity contribution in [3.8, 4) is 0 Å². The van der Waals surface area contributed by atoms with Gasteiger partial charge < -0.3 is 5.21 Å². The van der Waals surface area contributed by atoms with E-state index in [0.717, 1.165) is 0 Å². The van der Waals surface area contributed by atoms with Gasteiger partial charge in [0.15, 0.2) is 0 Å². The van der Waals surface area contributed by atoms with Crippen molar-refractivity contribution in [3.05, 3.63) is 10.1 Å². The maximum absolute atomic E-state index is 8.36. The summed E-state index contributed by atoms with van der Waals surface area (Å²) in [6, 6.07) is 0. The Kier molecular flexibility index (Phi) is 24.5. The molecule has 6 heavy (non-hydrogen) atoms. The van der Waals surface area contributed by atoms with E-state index in [4.69, 9.17) is 15.3 Å². The molecule has 0 aliphatic carbocycles. The molecule has 0 aliphatic heterocycles. The molecule has 0 aromatic heterocycles. The van der Waals surface area contributed by atoms with E-state index in [2.05, 4.69) is 0 Å². The summed E-state index contributed by atoms with van der Waals surface area (Å²) in [7, 11) is 0. The van der Waals surface area contributed by atoms with E-state index in [9.17, 15) is 0 Å². The molecule has 4 nitrogen and oxygen atoms in total. The van der Waals surface area contributed by atoms with Gasteiger partial charge >= 0.3 is 0 Å². The minimum absolute atomic E-state index is 0. The summed E-state index contributed by atoms with van der Waals surface area (Å²) in [6.07, 6.45) is 0. The third-order valence-electron chi connectivity index (χ3n) is 0. The van der Waals surface area contributed by atoms with E-state index in [0.29, 0.717) is 0 Å². The molecule has 0 fully saturated rings. The summed E-state index contributed by atoms with van der Waals surface area (Å²) in [4.78, 5) is 8.36. The normalized spacial score (nSPS) is 4.00. The molecule has 0 aromatic rings. The van der Waals surface area contributed by atoms with Crippen LogP contribution in [0.3, 0.4) is 0 Å². The van der Waals surface area contributed by atoms with Gasteiger partial charge in [0, 0.05) is 21.7 Å². The summed E-state index contributed by atoms with van der Waals surface area (Å²) in [6.45, 7) is 0. The van der Waals surface area contributed by atoms with Crippen LogP contribution < -0.4 is 0 Å². The van der Waals surface area contributed by atoms with Crippen molar-refractivity contribution in [1.82, 2.24) is 0 Å². The molecule has 0 aromatic carbocycles. The van der Waals surface area contributed by atoms with Gasteiger partial charge in [-0.1, -0.05) is 0 Å². The van der Waals surface area contributed by atoms with Gasteiger partial charge in [-0.25, -0.2) is 0 Å². The largest absolute Gasteiger partial charge is 0.328 e. The molecular formula is H5NO3SiTi. The Morgan fingerprint density at radius 3 is 1.67 bits per heavy atom. The molecule has 0 heterocycles. The van der Waals surface area contributed by atoms with Crippen LogP contribution in [0.1, 0.15) is 0 Å². The molecular weight excluding hydrogens is 138 g/mol. The molecule has 6 heteroatoms. The van der Waals surface area contributed by atoms with Gasteiger partial charge in [-0.05, 0) is 11.0 Å². The quantitative estimate of drug-likeness (QED) is 0.247. The van der Waals surface area contributed by atoms with Crippen LogP contribution in [0.2, 0.25) is 0 Å². The molecule has 0 rings (SSSR count). The molecule has 0 bridgehead atoms. The zero-order valence-electron chi connectivity index (χ0n) is 2.21. The first kappa shape index (κ1) is 16.5. The first-order valence-corrected chi connectivity index (χ1v) is 0.565. The molecule has 1 N–H and O–H groups in total. The number of hydrogen-bond donors (Lipinski definition) is 1. The predicted octanol–water partition coefficient (Wildman–Crippen LogP) is -1.80. The van der Waals surface area contributed by atoms with E-state index < -0.39 is 5.09 Å². The van der Waals surface area contributed by atoms with Gasteiger partial charge in [-0.2, -0.15) is 0 Å². The van der Waals surface area contributed by atoms with Gasteiger partial charge in [0.2, 0.25) is 0 Å². The number of rotatable bonds is 0. The molecule has 0 saturated heterocycles. The Balaban J connectivity index is -0.0000000450. The van der Waals surface area contributed by atoms with Gasteiger partial charge in [-0.15, -0.1) is 10.1 Å². The molecule has 0 atom stereocenters. The van der Waals surface area contributed by atoms with Crippen LogP contribution in [0.15, 0.2) is 0 Å². The van der Waals surface area contributed by atoms with Gasteiger partial charge in [0.05, 0.1) is 0 Å². The summed E-state index contributed by atoms with van der Waals surface area (Å²) < 4.78 is 0. The Hall–Kier alpha value is 0.131. The third-order valence-corrected chi connectivity index (χ3v) is 0. The second kappa shape index (κ2) is 8.93. The van der Waals surface area contributed by atoms with Crippen molar-refractivity contribution in [2.75, 3.05) is 0 Å². The monoisotopic (exact) mass is 143 g/mol. The van der Waals surface area contributed by atoms with Crippen LogP contribution in [0, 0.1) is 10.1 Å². The van der Waals surface area contributed by atoms with E-state index in [-0.39, 0.29) is 32.7 Å². The van der Waals surface area contributed by atoms with Gasteiger partial charge in [0.25, 0.3) is 5.09 Å². The minimum Gasteiger partial charge on any atom is -0.328 e. The van der Waals surface area contributed by atoms with Crippen LogP contribution in [0.5, 0.6) is 0 Å². The van der Waals surface area contributed by atoms with Crippen LogP contribution >= 0.6 is 0 Å². The summed E-state index contributed by atoms with van der Waals surface area (Å²) in [5.41, 5.74) is 0. The van der Waals surface area contributed by atoms with Gasteiger partial charge in [-0.3, -0.25) is 0 Å². The molecule has 0 aliphatic rings. The SMILES string of the molecule is O=[N+]([O-])O.[SiH4].[Ti]. The van der Waals surface area contributed by atoms with E-state index in [1.807, 2.05) is 0 Å². The van der Waals surface area contributed by atoms with Crippen molar-refractivity contribution in [3.63, 3.8) is 0 Å². The van der Waals surface area contributed by atoms with Crippen LogP contribution in [0.25, 0.3) is 0 Å². The van der Waals surface area contributed by atoms with Crippen LogP contribution in [-0.2, 0) is 21.7 Å². The van der Waals surface area contributed by atoms with Crippen LogP contribution in [-0.4, -0.2) is 21.3 Å². The fourth-order valence-electron chi connectivity index (χ4n) is 0. The van der Waals surface area contributed by atoms with Crippen molar-refractivity contribution in [2.24, 2.45) is 0 Å². The third kappa shape index (κ3) is 2350. The molecule has 0 radical (unpaired) electrons. The number of nitrogens with zero attached hydrogens (tertiary/aromatic N) is 1. The minimum atomic E-state index is -1.50. The fourth-order valence-corrected chi connectivity index (χ4v) is 0. The first-order chi connectivity index (χ1) is 1.73. The topological polar surface area (TPSA) is 63.4 Å². The first-order valence-electron chi connectivity index (χ1n) is 0.565. The zero-order chi connectivity index (χ0) is 3.58. The van der Waals surface area contributed by atoms with E-state index >= 15 is 0 Å². The standard InChI is InChI=1S/HNO3.H4Si.Ti/c2-1(3)4;;/h(H,2,3,4);1H4;. The van der Waals surface area contributed by atoms with Crippen molar-refractivity contribution >= 4 is 11.0 Å². The van der Waals surface area contributed by atoms with Crippen molar-refractivity contribution in [1.29, 1.82) is 0 Å². The molecule has 0 saturated carbocycles. The Bertz CT molecular complexity index is 33.8. The Morgan fingerprint density at radius 1 is 1.67 bits per heavy atom. The second-order valence-corrected chi connectivity index (χ2v) is 0.238. The second-order valence-electron chi connectivity index (χ2n) is 0.238. The average molecular weight is 143 g/mol. The molecule has 0 unspecified atom stereocenters. The fraction of sp³-hybridized carbons (Fsp3) is 0. The predicted molar refractivity (Wildman–Crippen MR) is 20.1 cm³/mol. The summed E-state index contributed by atoms with van der Waals surface area (Å²) in [5, 5.41) is 13.6. The zero-order valence-corrected chi connectivity index (χ0v) is 3.77. The van der Waals surface area contributed by atoms with Crippen molar-refractivity contribution < 1.29 is 32.0 Å². The van der Waals surface area contributed by atoms with Crippen molar-refractivity contribution in [2.45, 2.75) is 0 Å². The molecule has 0 amide bonds.